The summed E-state index contributed by atoms with van der Waals surface area (Å²) in [6.07, 6.45) is 0. The van der Waals surface area contributed by atoms with E-state index in [0.29, 0.717) is 45.9 Å². The number of aryl methyl sites for hydroxylation is 1. The average molecular weight is 379 g/mol. The molecule has 28 heavy (non-hydrogen) atoms. The van der Waals surface area contributed by atoms with Crippen molar-refractivity contribution in [2.45, 2.75) is 20.8 Å². The zero-order valence-corrected chi connectivity index (χ0v) is 16.0. The quantitative estimate of drug-likeness (QED) is 0.693. The van der Waals surface area contributed by atoms with E-state index < -0.39 is 5.82 Å². The maximum Gasteiger partial charge on any atom is 0.256 e. The Hall–Kier alpha value is -3.28. The number of rotatable bonds is 5. The fourth-order valence-corrected chi connectivity index (χ4v) is 2.89. The lowest BCUT2D eigenvalue weighted by Gasteiger charge is -2.13. The first-order chi connectivity index (χ1) is 13.3. The van der Waals surface area contributed by atoms with Crippen LogP contribution in [0.4, 0.5) is 10.1 Å². The molecule has 1 aromatic heterocycles. The first kappa shape index (κ1) is 19.5. The molecular formula is C22H22FN3O2. The molecule has 3 aromatic rings. The third-order valence-corrected chi connectivity index (χ3v) is 4.24. The maximum absolute atomic E-state index is 13.5. The number of halogens is 1. The number of nitrogens with zero attached hydrogens (tertiary/aromatic N) is 1. The molecule has 0 radical (unpaired) electrons. The summed E-state index contributed by atoms with van der Waals surface area (Å²) >= 11 is 0. The van der Waals surface area contributed by atoms with Gasteiger partial charge in [0.25, 0.3) is 11.8 Å². The number of hydrogen-bond donors (Lipinski definition) is 2. The smallest absolute Gasteiger partial charge is 0.256 e. The van der Waals surface area contributed by atoms with Gasteiger partial charge in [-0.3, -0.25) is 14.6 Å². The molecule has 0 bridgehead atoms. The maximum atomic E-state index is 13.5. The zero-order chi connectivity index (χ0) is 20.3. The highest BCUT2D eigenvalue weighted by Crippen LogP contribution is 2.22. The number of nitrogens with one attached hydrogen (secondary N) is 2. The minimum absolute atomic E-state index is 0.248. The second-order valence-corrected chi connectivity index (χ2v) is 7.08. The molecule has 1 heterocycles. The summed E-state index contributed by atoms with van der Waals surface area (Å²) in [4.78, 5) is 29.7. The van der Waals surface area contributed by atoms with Crippen LogP contribution in [0, 0.1) is 18.7 Å². The van der Waals surface area contributed by atoms with Gasteiger partial charge in [0.1, 0.15) is 5.82 Å². The Morgan fingerprint density at radius 2 is 1.79 bits per heavy atom. The van der Waals surface area contributed by atoms with Gasteiger partial charge in [-0.15, -0.1) is 0 Å². The molecule has 3 rings (SSSR count). The topological polar surface area (TPSA) is 71.1 Å². The predicted molar refractivity (Wildman–Crippen MR) is 108 cm³/mol. The summed E-state index contributed by atoms with van der Waals surface area (Å²) in [5.41, 5.74) is 2.19. The van der Waals surface area contributed by atoms with E-state index in [-0.39, 0.29) is 11.8 Å². The lowest BCUT2D eigenvalue weighted by Crippen LogP contribution is -2.28. The van der Waals surface area contributed by atoms with Gasteiger partial charge in [0.15, 0.2) is 0 Å². The Balaban J connectivity index is 1.92. The highest BCUT2D eigenvalue weighted by atomic mass is 19.1. The average Bonchev–Trinajstić information content (AvgIpc) is 2.65. The number of amides is 2. The van der Waals surface area contributed by atoms with Crippen LogP contribution in [0.1, 0.15) is 40.3 Å². The van der Waals surface area contributed by atoms with Crippen LogP contribution in [0.25, 0.3) is 10.9 Å². The van der Waals surface area contributed by atoms with Gasteiger partial charge in [-0.2, -0.15) is 0 Å². The van der Waals surface area contributed by atoms with Crippen molar-refractivity contribution in [2.24, 2.45) is 5.92 Å². The molecule has 0 aliphatic carbocycles. The van der Waals surface area contributed by atoms with Crippen LogP contribution in [-0.2, 0) is 0 Å². The molecule has 5 nitrogen and oxygen atoms in total. The largest absolute Gasteiger partial charge is 0.352 e. The van der Waals surface area contributed by atoms with Crippen molar-refractivity contribution in [3.8, 4) is 0 Å². The molecule has 0 atom stereocenters. The summed E-state index contributed by atoms with van der Waals surface area (Å²) in [6, 6.07) is 12.6. The van der Waals surface area contributed by atoms with Gasteiger partial charge in [0.05, 0.1) is 22.3 Å². The molecule has 2 aromatic carbocycles. The van der Waals surface area contributed by atoms with E-state index in [1.807, 2.05) is 13.8 Å². The lowest BCUT2D eigenvalue weighted by molar-refractivity contribution is 0.0950. The molecule has 6 heteroatoms. The molecule has 0 saturated carbocycles. The molecule has 2 amide bonds. The molecule has 0 spiro atoms. The van der Waals surface area contributed by atoms with Crippen molar-refractivity contribution in [1.29, 1.82) is 0 Å². The van der Waals surface area contributed by atoms with Gasteiger partial charge in [-0.1, -0.05) is 26.0 Å². The monoisotopic (exact) mass is 379 g/mol. The third-order valence-electron chi connectivity index (χ3n) is 4.24. The number of aromatic nitrogens is 1. The van der Waals surface area contributed by atoms with E-state index in [4.69, 9.17) is 0 Å². The van der Waals surface area contributed by atoms with Crippen molar-refractivity contribution in [3.63, 3.8) is 0 Å². The van der Waals surface area contributed by atoms with Gasteiger partial charge in [-0.25, -0.2) is 4.39 Å². The van der Waals surface area contributed by atoms with Crippen LogP contribution in [0.15, 0.2) is 48.5 Å². The van der Waals surface area contributed by atoms with Crippen molar-refractivity contribution in [1.82, 2.24) is 10.3 Å². The summed E-state index contributed by atoms with van der Waals surface area (Å²) < 4.78 is 13.5. The lowest BCUT2D eigenvalue weighted by atomic mass is 10.1. The Morgan fingerprint density at radius 3 is 2.54 bits per heavy atom. The molecule has 0 saturated heterocycles. The molecular weight excluding hydrogens is 357 g/mol. The van der Waals surface area contributed by atoms with Crippen molar-refractivity contribution >= 4 is 28.4 Å². The zero-order valence-electron chi connectivity index (χ0n) is 16.0. The van der Waals surface area contributed by atoms with Crippen LogP contribution in [0.3, 0.4) is 0 Å². The number of para-hydroxylation sites is 1. The summed E-state index contributed by atoms with van der Waals surface area (Å²) in [7, 11) is 0. The Kier molecular flexibility index (Phi) is 5.68. The third kappa shape index (κ3) is 4.34. The molecule has 0 aliphatic rings. The first-order valence-electron chi connectivity index (χ1n) is 9.10. The van der Waals surface area contributed by atoms with E-state index in [9.17, 15) is 14.0 Å². The molecule has 0 fully saturated rings. The number of carbonyl (C=O) groups excluding carboxylic acids is 2. The van der Waals surface area contributed by atoms with E-state index in [0.717, 1.165) is 0 Å². The van der Waals surface area contributed by atoms with Gasteiger partial charge in [-0.05, 0) is 43.2 Å². The Labute approximate surface area is 163 Å². The second kappa shape index (κ2) is 8.17. The van der Waals surface area contributed by atoms with Crippen LogP contribution in [0.2, 0.25) is 0 Å². The minimum atomic E-state index is -0.413. The van der Waals surface area contributed by atoms with Gasteiger partial charge < -0.3 is 10.6 Å². The fourth-order valence-electron chi connectivity index (χ4n) is 2.89. The van der Waals surface area contributed by atoms with E-state index in [1.165, 1.54) is 18.2 Å². The van der Waals surface area contributed by atoms with E-state index in [2.05, 4.69) is 15.6 Å². The number of hydrogen-bond acceptors (Lipinski definition) is 3. The summed E-state index contributed by atoms with van der Waals surface area (Å²) in [5.74, 6) is -0.727. The predicted octanol–water partition coefficient (Wildman–Crippen LogP) is 4.32. The van der Waals surface area contributed by atoms with E-state index >= 15 is 0 Å². The van der Waals surface area contributed by atoms with Crippen LogP contribution >= 0.6 is 0 Å². The highest BCUT2D eigenvalue weighted by molar-refractivity contribution is 6.14. The van der Waals surface area contributed by atoms with E-state index in [1.54, 1.807) is 37.3 Å². The highest BCUT2D eigenvalue weighted by Gasteiger charge is 2.17. The van der Waals surface area contributed by atoms with Gasteiger partial charge in [0.2, 0.25) is 0 Å². The van der Waals surface area contributed by atoms with Gasteiger partial charge >= 0.3 is 0 Å². The van der Waals surface area contributed by atoms with Crippen molar-refractivity contribution in [2.75, 3.05) is 11.9 Å². The van der Waals surface area contributed by atoms with Crippen molar-refractivity contribution in [3.05, 3.63) is 71.2 Å². The Morgan fingerprint density at radius 1 is 1.04 bits per heavy atom. The summed E-state index contributed by atoms with van der Waals surface area (Å²) in [5, 5.41) is 6.21. The number of anilines is 1. The van der Waals surface area contributed by atoms with Crippen molar-refractivity contribution < 1.29 is 14.0 Å². The SMILES string of the molecule is Cc1cc(C(=O)Nc2ccccc2C(=O)NCC(C)C)c2ccc(F)cc2n1. The minimum Gasteiger partial charge on any atom is -0.352 e. The number of fused-ring (bicyclic) bond motifs is 1. The Bertz CT molecular complexity index is 1040. The van der Waals surface area contributed by atoms with Crippen LogP contribution in [0.5, 0.6) is 0 Å². The van der Waals surface area contributed by atoms with Crippen LogP contribution < -0.4 is 10.6 Å². The second-order valence-electron chi connectivity index (χ2n) is 7.08. The summed E-state index contributed by atoms with van der Waals surface area (Å²) in [6.45, 7) is 6.30. The number of benzene rings is 2. The van der Waals surface area contributed by atoms with Gasteiger partial charge in [0, 0.05) is 23.7 Å². The molecule has 0 aliphatic heterocycles. The normalized spacial score (nSPS) is 10.9. The molecule has 144 valence electrons. The molecule has 0 unspecified atom stereocenters. The number of carbonyl (C=O) groups is 2. The first-order valence-corrected chi connectivity index (χ1v) is 9.10. The fraction of sp³-hybridized carbons (Fsp3) is 0.227. The molecule has 2 N–H and O–H groups in total. The van der Waals surface area contributed by atoms with Crippen LogP contribution in [-0.4, -0.2) is 23.3 Å². The number of pyridine rings is 1. The standard InChI is InChI=1S/C22H22FN3O2/c1-13(2)12-24-21(27)17-6-4-5-7-19(17)26-22(28)18-10-14(3)25-20-11-15(23)8-9-16(18)20/h4-11,13H,12H2,1-3H3,(H,24,27)(H,26,28).